The maximum absolute atomic E-state index is 11.0. The molecule has 1 aromatic heterocycles. The molecule has 0 atom stereocenters. The average molecular weight is 260 g/mol. The van der Waals surface area contributed by atoms with Gasteiger partial charge in [-0.3, -0.25) is 0 Å². The Morgan fingerprint density at radius 1 is 1.37 bits per heavy atom. The molecular weight excluding hydrogens is 244 g/mol. The molecule has 5 nitrogen and oxygen atoms in total. The van der Waals surface area contributed by atoms with E-state index in [1.165, 1.54) is 6.07 Å². The molecule has 1 aromatic carbocycles. The van der Waals surface area contributed by atoms with Gasteiger partial charge in [0.15, 0.2) is 5.69 Å². The summed E-state index contributed by atoms with van der Waals surface area (Å²) in [6.45, 7) is 3.91. The number of pyridine rings is 1. The van der Waals surface area contributed by atoms with Crippen LogP contribution in [0.15, 0.2) is 24.3 Å². The van der Waals surface area contributed by atoms with Crippen molar-refractivity contribution in [1.82, 2.24) is 4.98 Å². The van der Waals surface area contributed by atoms with Crippen LogP contribution >= 0.6 is 0 Å². The van der Waals surface area contributed by atoms with Gasteiger partial charge >= 0.3 is 5.97 Å². The molecule has 2 N–H and O–H groups in total. The molecule has 5 heteroatoms. The number of fused-ring (bicyclic) bond motifs is 1. The smallest absolute Gasteiger partial charge is 0.354 e. The summed E-state index contributed by atoms with van der Waals surface area (Å²) in [6.07, 6.45) is 0.0849. The van der Waals surface area contributed by atoms with E-state index in [0.29, 0.717) is 5.52 Å². The summed E-state index contributed by atoms with van der Waals surface area (Å²) in [5.41, 5.74) is 1.37. The fraction of sp³-hybridized carbons (Fsp3) is 0.286. The van der Waals surface area contributed by atoms with Gasteiger partial charge < -0.3 is 15.2 Å². The lowest BCUT2D eigenvalue weighted by Gasteiger charge is -2.12. The summed E-state index contributed by atoms with van der Waals surface area (Å²) in [5.74, 6) is -0.301. The second-order valence-electron chi connectivity index (χ2n) is 4.46. The second kappa shape index (κ2) is 5.14. The van der Waals surface area contributed by atoms with Crippen LogP contribution in [0.5, 0.6) is 5.75 Å². The van der Waals surface area contributed by atoms with Crippen LogP contribution in [0.25, 0.3) is 10.9 Å². The van der Waals surface area contributed by atoms with E-state index in [4.69, 9.17) is 9.84 Å². The van der Waals surface area contributed by atoms with Crippen molar-refractivity contribution in [3.63, 3.8) is 0 Å². The number of hydrogen-bond donors (Lipinski definition) is 2. The van der Waals surface area contributed by atoms with Crippen LogP contribution in [-0.4, -0.2) is 29.2 Å². The highest BCUT2D eigenvalue weighted by molar-refractivity contribution is 5.97. The third-order valence-electron chi connectivity index (χ3n) is 2.64. The number of rotatable bonds is 4. The standard InChI is InChI=1S/C14H16N2O3/c1-8(2)19-9-4-5-11-10(6-9)12(15-3)7-13(16-11)14(17)18/h4-8H,1-3H3,(H,15,16)(H,17,18). The summed E-state index contributed by atoms with van der Waals surface area (Å²) in [5, 5.41) is 12.8. The SMILES string of the molecule is CNc1cc(C(=O)O)nc2ccc(OC(C)C)cc12. The molecule has 2 rings (SSSR count). The molecule has 0 aliphatic carbocycles. The Labute approximate surface area is 111 Å². The number of carbonyl (C=O) groups is 1. The molecule has 0 aliphatic heterocycles. The summed E-state index contributed by atoms with van der Waals surface area (Å²) in [7, 11) is 1.75. The Hall–Kier alpha value is -2.30. The van der Waals surface area contributed by atoms with Crippen LogP contribution < -0.4 is 10.1 Å². The maximum Gasteiger partial charge on any atom is 0.354 e. The lowest BCUT2D eigenvalue weighted by Crippen LogP contribution is -2.06. The number of nitrogens with zero attached hydrogens (tertiary/aromatic N) is 1. The van der Waals surface area contributed by atoms with E-state index in [1.54, 1.807) is 19.2 Å². The van der Waals surface area contributed by atoms with Gasteiger partial charge in [-0.2, -0.15) is 0 Å². The first-order valence-electron chi connectivity index (χ1n) is 6.03. The number of carboxylic acids is 1. The van der Waals surface area contributed by atoms with Crippen LogP contribution in [0.3, 0.4) is 0 Å². The first kappa shape index (κ1) is 13.1. The van der Waals surface area contributed by atoms with Crippen molar-refractivity contribution >= 4 is 22.6 Å². The summed E-state index contributed by atoms with van der Waals surface area (Å²) in [4.78, 5) is 15.1. The second-order valence-corrected chi connectivity index (χ2v) is 4.46. The van der Waals surface area contributed by atoms with E-state index in [0.717, 1.165) is 16.8 Å². The topological polar surface area (TPSA) is 71.5 Å². The molecule has 0 fully saturated rings. The van der Waals surface area contributed by atoms with Gasteiger partial charge in [0.25, 0.3) is 0 Å². The molecule has 100 valence electrons. The van der Waals surface area contributed by atoms with Crippen molar-refractivity contribution in [2.24, 2.45) is 0 Å². The van der Waals surface area contributed by atoms with Crippen molar-refractivity contribution < 1.29 is 14.6 Å². The van der Waals surface area contributed by atoms with Gasteiger partial charge in [0.1, 0.15) is 5.75 Å². The number of aromatic nitrogens is 1. The zero-order chi connectivity index (χ0) is 14.0. The summed E-state index contributed by atoms with van der Waals surface area (Å²) in [6, 6.07) is 6.93. The third kappa shape index (κ3) is 2.76. The number of nitrogens with one attached hydrogen (secondary N) is 1. The molecular formula is C14H16N2O3. The largest absolute Gasteiger partial charge is 0.491 e. The highest BCUT2D eigenvalue weighted by Crippen LogP contribution is 2.27. The van der Waals surface area contributed by atoms with Gasteiger partial charge in [-0.05, 0) is 38.1 Å². The molecule has 0 aliphatic rings. The monoisotopic (exact) mass is 260 g/mol. The van der Waals surface area contributed by atoms with Gasteiger partial charge in [-0.25, -0.2) is 9.78 Å². The van der Waals surface area contributed by atoms with Crippen LogP contribution in [0.4, 0.5) is 5.69 Å². The fourth-order valence-electron chi connectivity index (χ4n) is 1.87. The van der Waals surface area contributed by atoms with E-state index in [9.17, 15) is 4.79 Å². The van der Waals surface area contributed by atoms with Crippen molar-refractivity contribution in [2.75, 3.05) is 12.4 Å². The van der Waals surface area contributed by atoms with Gasteiger partial charge in [-0.1, -0.05) is 0 Å². The lowest BCUT2D eigenvalue weighted by atomic mass is 10.1. The van der Waals surface area contributed by atoms with Crippen LogP contribution in [0.2, 0.25) is 0 Å². The Balaban J connectivity index is 2.58. The first-order valence-corrected chi connectivity index (χ1v) is 6.03. The highest BCUT2D eigenvalue weighted by Gasteiger charge is 2.11. The molecule has 2 aromatic rings. The maximum atomic E-state index is 11.0. The van der Waals surface area contributed by atoms with E-state index >= 15 is 0 Å². The van der Waals surface area contributed by atoms with Gasteiger partial charge in [0, 0.05) is 18.1 Å². The number of carboxylic acid groups (broad SMARTS) is 1. The van der Waals surface area contributed by atoms with Crippen molar-refractivity contribution in [1.29, 1.82) is 0 Å². The van der Waals surface area contributed by atoms with Gasteiger partial charge in [-0.15, -0.1) is 0 Å². The highest BCUT2D eigenvalue weighted by atomic mass is 16.5. The molecule has 0 spiro atoms. The average Bonchev–Trinajstić information content (AvgIpc) is 2.36. The normalized spacial score (nSPS) is 10.7. The lowest BCUT2D eigenvalue weighted by molar-refractivity contribution is 0.0691. The summed E-state index contributed by atoms with van der Waals surface area (Å²) >= 11 is 0. The van der Waals surface area contributed by atoms with Gasteiger partial charge in [0.2, 0.25) is 0 Å². The zero-order valence-electron chi connectivity index (χ0n) is 11.1. The van der Waals surface area contributed by atoms with Crippen molar-refractivity contribution in [3.05, 3.63) is 30.0 Å². The predicted octanol–water partition coefficient (Wildman–Crippen LogP) is 2.76. The van der Waals surface area contributed by atoms with Crippen LogP contribution in [0, 0.1) is 0 Å². The Kier molecular flexibility index (Phi) is 3.55. The van der Waals surface area contributed by atoms with Crippen LogP contribution in [-0.2, 0) is 0 Å². The van der Waals surface area contributed by atoms with E-state index in [-0.39, 0.29) is 11.8 Å². The molecule has 0 saturated heterocycles. The Bertz CT molecular complexity index is 623. The number of anilines is 1. The number of aromatic carboxylic acids is 1. The Morgan fingerprint density at radius 3 is 2.68 bits per heavy atom. The quantitative estimate of drug-likeness (QED) is 0.884. The molecule has 0 unspecified atom stereocenters. The van der Waals surface area contributed by atoms with Gasteiger partial charge in [0.05, 0.1) is 11.6 Å². The minimum atomic E-state index is -1.04. The number of benzene rings is 1. The molecule has 0 saturated carbocycles. The zero-order valence-corrected chi connectivity index (χ0v) is 11.1. The van der Waals surface area contributed by atoms with E-state index in [2.05, 4.69) is 10.3 Å². The third-order valence-corrected chi connectivity index (χ3v) is 2.64. The molecule has 1 heterocycles. The molecule has 0 bridgehead atoms. The first-order chi connectivity index (χ1) is 9.01. The Morgan fingerprint density at radius 2 is 2.11 bits per heavy atom. The molecule has 0 amide bonds. The molecule has 0 radical (unpaired) electrons. The molecule has 19 heavy (non-hydrogen) atoms. The number of hydrogen-bond acceptors (Lipinski definition) is 4. The van der Waals surface area contributed by atoms with Crippen molar-refractivity contribution in [3.8, 4) is 5.75 Å². The fourth-order valence-corrected chi connectivity index (χ4v) is 1.87. The minimum Gasteiger partial charge on any atom is -0.491 e. The minimum absolute atomic E-state index is 0.0226. The predicted molar refractivity (Wildman–Crippen MR) is 74.0 cm³/mol. The van der Waals surface area contributed by atoms with E-state index < -0.39 is 5.97 Å². The summed E-state index contributed by atoms with van der Waals surface area (Å²) < 4.78 is 5.63. The van der Waals surface area contributed by atoms with Crippen molar-refractivity contribution in [2.45, 2.75) is 20.0 Å². The van der Waals surface area contributed by atoms with E-state index in [1.807, 2.05) is 19.9 Å². The number of ether oxygens (including phenoxy) is 1. The van der Waals surface area contributed by atoms with Crippen LogP contribution in [0.1, 0.15) is 24.3 Å².